The lowest BCUT2D eigenvalue weighted by molar-refractivity contribution is 0.261. The number of rotatable bonds is 6. The van der Waals surface area contributed by atoms with Gasteiger partial charge >= 0.3 is 18.1 Å². The predicted molar refractivity (Wildman–Crippen MR) is 280 cm³/mol. The Kier molecular flexibility index (Phi) is 20.2. The highest BCUT2D eigenvalue weighted by Crippen LogP contribution is 2.24. The number of aromatic nitrogens is 3. The lowest BCUT2D eigenvalue weighted by atomic mass is 10.2. The van der Waals surface area contributed by atoms with Crippen molar-refractivity contribution in [3.63, 3.8) is 0 Å². The van der Waals surface area contributed by atoms with Gasteiger partial charge in [-0.2, -0.15) is 0 Å². The van der Waals surface area contributed by atoms with E-state index < -0.39 is 0 Å². The highest BCUT2D eigenvalue weighted by Gasteiger charge is 2.09. The van der Waals surface area contributed by atoms with Gasteiger partial charge in [-0.25, -0.2) is 14.4 Å². The zero-order valence-electron chi connectivity index (χ0n) is 39.3. The van der Waals surface area contributed by atoms with Crippen LogP contribution in [0.1, 0.15) is 58.2 Å². The molecule has 0 unspecified atom stereocenters. The minimum Gasteiger partial charge on any atom is -0.361 e. The molecule has 0 aliphatic rings. The molecular weight excluding hydrogens is 823 g/mol. The first-order chi connectivity index (χ1) is 32.2. The van der Waals surface area contributed by atoms with Crippen LogP contribution in [0, 0.1) is 20.8 Å². The van der Waals surface area contributed by atoms with E-state index in [2.05, 4.69) is 46.9 Å². The lowest BCUT2D eigenvalue weighted by Gasteiger charge is -2.10. The number of hydrogen-bond acceptors (Lipinski definition) is 3. The maximum Gasteiger partial charge on any atom is 0.323 e. The second-order valence-electron chi connectivity index (χ2n) is 14.0. The fourth-order valence-electron chi connectivity index (χ4n) is 6.44. The molecule has 9 N–H and O–H groups in total. The number of aryl methyl sites for hydroxylation is 3. The summed E-state index contributed by atoms with van der Waals surface area (Å²) in [5.74, 6) is 0. The van der Waals surface area contributed by atoms with Gasteiger partial charge in [-0.3, -0.25) is 0 Å². The SMILES string of the molecule is CC.CC.CC.Cc1ccccc1NC(=O)Nc1ccc2[nH]ccc2c1.Cc1ccccc1NC(=O)Nc1ccc2cc[nH]c2c1.Cc1ccccc1NC(=O)Nc1cccc2[nH]ccc12. The van der Waals surface area contributed by atoms with Gasteiger partial charge in [0.25, 0.3) is 0 Å². The molecule has 0 saturated heterocycles. The summed E-state index contributed by atoms with van der Waals surface area (Å²) < 4.78 is 0. The number of nitrogens with one attached hydrogen (secondary N) is 9. The minimum absolute atomic E-state index is 0.241. The van der Waals surface area contributed by atoms with Crippen LogP contribution in [-0.4, -0.2) is 33.0 Å². The Labute approximate surface area is 388 Å². The van der Waals surface area contributed by atoms with Crippen LogP contribution in [0.5, 0.6) is 0 Å². The lowest BCUT2D eigenvalue weighted by Crippen LogP contribution is -2.20. The molecule has 12 nitrogen and oxygen atoms in total. The average Bonchev–Trinajstić information content (AvgIpc) is 4.13. The van der Waals surface area contributed by atoms with Crippen LogP contribution in [0.15, 0.2) is 164 Å². The van der Waals surface area contributed by atoms with Crippen LogP contribution in [-0.2, 0) is 0 Å². The largest absolute Gasteiger partial charge is 0.361 e. The number of H-pyrrole nitrogens is 3. The quantitative estimate of drug-likeness (QED) is 0.0811. The van der Waals surface area contributed by atoms with Gasteiger partial charge in [0.05, 0.1) is 5.69 Å². The van der Waals surface area contributed by atoms with E-state index in [4.69, 9.17) is 0 Å². The first kappa shape index (κ1) is 50.4. The number of benzene rings is 6. The van der Waals surface area contributed by atoms with E-state index in [1.165, 1.54) is 0 Å². The molecule has 66 heavy (non-hydrogen) atoms. The van der Waals surface area contributed by atoms with E-state index in [0.717, 1.165) is 83.5 Å². The zero-order chi connectivity index (χ0) is 47.8. The first-order valence-corrected chi connectivity index (χ1v) is 22.3. The Hall–Kier alpha value is -8.25. The number of anilines is 6. The molecule has 6 amide bonds. The van der Waals surface area contributed by atoms with Crippen molar-refractivity contribution in [2.75, 3.05) is 31.9 Å². The maximum absolute atomic E-state index is 12.1. The third-order valence-corrected chi connectivity index (χ3v) is 9.65. The van der Waals surface area contributed by atoms with Crippen molar-refractivity contribution in [3.05, 3.63) is 181 Å². The monoisotopic (exact) mass is 886 g/mol. The molecule has 3 aromatic heterocycles. The van der Waals surface area contributed by atoms with Crippen LogP contribution in [0.4, 0.5) is 48.5 Å². The summed E-state index contributed by atoms with van der Waals surface area (Å²) in [6.45, 7) is 17.9. The van der Waals surface area contributed by atoms with Gasteiger partial charge in [0.15, 0.2) is 0 Å². The molecule has 3 heterocycles. The number of para-hydroxylation sites is 3. The van der Waals surface area contributed by atoms with Gasteiger partial charge in [0, 0.05) is 74.4 Å². The number of amides is 6. The number of fused-ring (bicyclic) bond motifs is 3. The number of hydrogen-bond donors (Lipinski definition) is 9. The van der Waals surface area contributed by atoms with Crippen LogP contribution in [0.3, 0.4) is 0 Å². The fraction of sp³-hybridized carbons (Fsp3) is 0.167. The second-order valence-corrected chi connectivity index (χ2v) is 14.0. The fourth-order valence-corrected chi connectivity index (χ4v) is 6.44. The third-order valence-electron chi connectivity index (χ3n) is 9.65. The molecule has 0 aliphatic carbocycles. The molecule has 0 spiro atoms. The van der Waals surface area contributed by atoms with Crippen LogP contribution in [0.25, 0.3) is 32.7 Å². The molecule has 0 bridgehead atoms. The van der Waals surface area contributed by atoms with Crippen molar-refractivity contribution in [1.29, 1.82) is 0 Å². The average molecular weight is 886 g/mol. The van der Waals surface area contributed by atoms with Crippen LogP contribution >= 0.6 is 0 Å². The standard InChI is InChI=1S/3C16H15N3O.3C2H6/c1-11-5-2-3-6-13(11)18-16(20)19-15-8-4-7-14-12(15)9-10-17-14;1-11-4-2-3-5-14(11)19-16(20)18-13-6-7-15-12(10-13)8-9-17-15;1-11-4-2-3-5-14(11)19-16(20)18-13-7-6-12-8-9-17-15(12)10-13;3*1-2/h3*2-10,17H,1H3,(H2,18,19,20);3*1-2H3. The van der Waals surface area contributed by atoms with Gasteiger partial charge in [-0.05, 0) is 122 Å². The minimum atomic E-state index is -0.245. The highest BCUT2D eigenvalue weighted by atomic mass is 16.2. The Balaban J connectivity index is 0.000000204. The van der Waals surface area contributed by atoms with E-state index in [1.807, 2.05) is 226 Å². The van der Waals surface area contributed by atoms with E-state index >= 15 is 0 Å². The molecule has 0 fully saturated rings. The zero-order valence-corrected chi connectivity index (χ0v) is 39.3. The molecule has 0 aliphatic heterocycles. The number of aromatic amines is 3. The first-order valence-electron chi connectivity index (χ1n) is 22.3. The molecule has 0 radical (unpaired) electrons. The second kappa shape index (κ2) is 26.4. The third kappa shape index (κ3) is 14.7. The van der Waals surface area contributed by atoms with Crippen LogP contribution < -0.4 is 31.9 Å². The predicted octanol–water partition coefficient (Wildman–Crippen LogP) is 15.4. The number of carbonyl (C=O) groups is 3. The van der Waals surface area contributed by atoms with E-state index in [1.54, 1.807) is 0 Å². The summed E-state index contributed by atoms with van der Waals surface area (Å²) in [5, 5.41) is 20.3. The topological polar surface area (TPSA) is 171 Å². The van der Waals surface area contributed by atoms with Gasteiger partial charge in [0.1, 0.15) is 0 Å². The number of carbonyl (C=O) groups excluding carboxylic acids is 3. The molecule has 12 heteroatoms. The van der Waals surface area contributed by atoms with E-state index in [-0.39, 0.29) is 18.1 Å². The van der Waals surface area contributed by atoms with Gasteiger partial charge < -0.3 is 46.9 Å². The Bertz CT molecular complexity index is 2780. The normalized spacial score (nSPS) is 9.77. The molecule has 9 aromatic rings. The Morgan fingerprint density at radius 3 is 1.30 bits per heavy atom. The van der Waals surface area contributed by atoms with E-state index in [0.29, 0.717) is 0 Å². The van der Waals surface area contributed by atoms with Crippen molar-refractivity contribution < 1.29 is 14.4 Å². The molecule has 342 valence electrons. The number of urea groups is 3. The summed E-state index contributed by atoms with van der Waals surface area (Å²) in [6.07, 6.45) is 5.61. The summed E-state index contributed by atoms with van der Waals surface area (Å²) in [7, 11) is 0. The molecule has 6 aromatic carbocycles. The molecule has 9 rings (SSSR count). The summed E-state index contributed by atoms with van der Waals surface area (Å²) >= 11 is 0. The maximum atomic E-state index is 12.1. The highest BCUT2D eigenvalue weighted by molar-refractivity contribution is 6.06. The van der Waals surface area contributed by atoms with Gasteiger partial charge in [0.2, 0.25) is 0 Å². The molecule has 0 atom stereocenters. The van der Waals surface area contributed by atoms with E-state index in [9.17, 15) is 14.4 Å². The van der Waals surface area contributed by atoms with Crippen LogP contribution in [0.2, 0.25) is 0 Å². The Morgan fingerprint density at radius 1 is 0.348 bits per heavy atom. The van der Waals surface area contributed by atoms with Gasteiger partial charge in [-0.15, -0.1) is 0 Å². The van der Waals surface area contributed by atoms with Crippen molar-refractivity contribution in [2.45, 2.75) is 62.3 Å². The Morgan fingerprint density at radius 2 is 0.758 bits per heavy atom. The summed E-state index contributed by atoms with van der Waals surface area (Å²) in [5.41, 5.74) is 10.9. The van der Waals surface area contributed by atoms with Gasteiger partial charge in [-0.1, -0.05) is 108 Å². The summed E-state index contributed by atoms with van der Waals surface area (Å²) in [6, 6.07) is 45.5. The molecular formula is C54H63N9O3. The van der Waals surface area contributed by atoms with Crippen molar-refractivity contribution >= 4 is 84.9 Å². The summed E-state index contributed by atoms with van der Waals surface area (Å²) in [4.78, 5) is 45.4. The van der Waals surface area contributed by atoms with Crippen molar-refractivity contribution in [2.24, 2.45) is 0 Å². The van der Waals surface area contributed by atoms with Crippen molar-refractivity contribution in [3.8, 4) is 0 Å². The smallest absolute Gasteiger partial charge is 0.323 e. The molecule has 0 saturated carbocycles. The van der Waals surface area contributed by atoms with Crippen molar-refractivity contribution in [1.82, 2.24) is 15.0 Å².